The molecule has 0 spiro atoms. The zero-order valence-electron chi connectivity index (χ0n) is 21.1. The van der Waals surface area contributed by atoms with Crippen LogP contribution in [0.2, 0.25) is 0 Å². The summed E-state index contributed by atoms with van der Waals surface area (Å²) >= 11 is 0. The first-order valence-corrected chi connectivity index (χ1v) is 12.1. The van der Waals surface area contributed by atoms with E-state index in [4.69, 9.17) is 5.11 Å². The van der Waals surface area contributed by atoms with Crippen molar-refractivity contribution in [2.45, 2.75) is 84.8 Å². The van der Waals surface area contributed by atoms with Gasteiger partial charge in [-0.25, -0.2) is 0 Å². The van der Waals surface area contributed by atoms with Crippen LogP contribution in [0.15, 0.2) is 23.9 Å². The third-order valence-electron chi connectivity index (χ3n) is 6.15. The lowest BCUT2D eigenvalue weighted by molar-refractivity contribution is -0.133. The highest BCUT2D eigenvalue weighted by Gasteiger charge is 2.31. The summed E-state index contributed by atoms with van der Waals surface area (Å²) in [6, 6.07) is 0.388. The van der Waals surface area contributed by atoms with Gasteiger partial charge in [0.1, 0.15) is 6.04 Å². The van der Waals surface area contributed by atoms with E-state index in [2.05, 4.69) is 49.8 Å². The third-order valence-corrected chi connectivity index (χ3v) is 6.15. The van der Waals surface area contributed by atoms with Gasteiger partial charge in [-0.2, -0.15) is 0 Å². The fraction of sp³-hybridized carbons (Fsp3) is 0.760. The summed E-state index contributed by atoms with van der Waals surface area (Å²) in [5.74, 6) is 0.0477. The van der Waals surface area contributed by atoms with Gasteiger partial charge in [0.25, 0.3) is 0 Å². The summed E-state index contributed by atoms with van der Waals surface area (Å²) in [6.45, 7) is 16.8. The second kappa shape index (κ2) is 14.3. The van der Waals surface area contributed by atoms with Gasteiger partial charge < -0.3 is 20.6 Å². The molecule has 0 bridgehead atoms. The number of rotatable bonds is 13. The monoisotopic (exact) mass is 450 g/mol. The number of piperidine rings is 1. The zero-order chi connectivity index (χ0) is 24.3. The number of hydrogen-bond acceptors (Lipinski definition) is 5. The van der Waals surface area contributed by atoms with E-state index in [0.717, 1.165) is 18.7 Å². The lowest BCUT2D eigenvalue weighted by Gasteiger charge is -2.41. The van der Waals surface area contributed by atoms with Crippen LogP contribution >= 0.6 is 0 Å². The molecule has 1 heterocycles. The minimum Gasteiger partial charge on any atom is -0.396 e. The zero-order valence-corrected chi connectivity index (χ0v) is 21.1. The van der Waals surface area contributed by atoms with Crippen molar-refractivity contribution in [1.82, 2.24) is 20.4 Å². The topological polar surface area (TPSA) is 84.9 Å². The Morgan fingerprint density at radius 1 is 1.25 bits per heavy atom. The summed E-state index contributed by atoms with van der Waals surface area (Å²) < 4.78 is 0. The summed E-state index contributed by atoms with van der Waals surface area (Å²) in [5.41, 5.74) is 1.57. The van der Waals surface area contributed by atoms with Gasteiger partial charge in [0.2, 0.25) is 11.8 Å². The number of likely N-dealkylation sites (tertiary alicyclic amines) is 1. The molecule has 184 valence electrons. The maximum Gasteiger partial charge on any atom is 0.246 e. The number of likely N-dealkylation sites (N-methyl/N-ethyl adjacent to an activating group) is 1. The van der Waals surface area contributed by atoms with Crippen molar-refractivity contribution in [3.63, 3.8) is 0 Å². The first-order chi connectivity index (χ1) is 15.1. The Kier molecular flexibility index (Phi) is 12.6. The largest absolute Gasteiger partial charge is 0.396 e. The number of hydrogen-bond donors (Lipinski definition) is 3. The van der Waals surface area contributed by atoms with Crippen LogP contribution < -0.4 is 10.6 Å². The molecule has 1 saturated heterocycles. The molecule has 3 N–H and O–H groups in total. The highest BCUT2D eigenvalue weighted by molar-refractivity contribution is 5.92. The number of carbonyl (C=O) groups is 2. The molecule has 7 nitrogen and oxygen atoms in total. The lowest BCUT2D eigenvalue weighted by atomic mass is 9.96. The molecule has 2 unspecified atom stereocenters. The van der Waals surface area contributed by atoms with Crippen molar-refractivity contribution in [1.29, 1.82) is 0 Å². The molecule has 0 aliphatic carbocycles. The molecule has 0 aromatic carbocycles. The van der Waals surface area contributed by atoms with Crippen LogP contribution in [0.25, 0.3) is 0 Å². The van der Waals surface area contributed by atoms with Gasteiger partial charge in [-0.05, 0) is 58.9 Å². The molecule has 7 heteroatoms. The van der Waals surface area contributed by atoms with Crippen LogP contribution in [0.5, 0.6) is 0 Å². The number of aliphatic hydroxyl groups excluding tert-OH is 1. The highest BCUT2D eigenvalue weighted by atomic mass is 16.3. The lowest BCUT2D eigenvalue weighted by Crippen LogP contribution is -2.53. The molecule has 0 aromatic heterocycles. The predicted molar refractivity (Wildman–Crippen MR) is 131 cm³/mol. The van der Waals surface area contributed by atoms with Crippen molar-refractivity contribution in [2.75, 3.05) is 33.3 Å². The van der Waals surface area contributed by atoms with Gasteiger partial charge in [0.05, 0.1) is 0 Å². The first-order valence-electron chi connectivity index (χ1n) is 12.1. The average molecular weight is 451 g/mol. The molecule has 0 saturated carbocycles. The van der Waals surface area contributed by atoms with Crippen LogP contribution in [-0.2, 0) is 9.59 Å². The van der Waals surface area contributed by atoms with Crippen LogP contribution in [-0.4, -0.2) is 78.1 Å². The van der Waals surface area contributed by atoms with E-state index >= 15 is 0 Å². The van der Waals surface area contributed by atoms with Gasteiger partial charge in [-0.3, -0.25) is 14.5 Å². The fourth-order valence-corrected chi connectivity index (χ4v) is 4.09. The van der Waals surface area contributed by atoms with E-state index in [1.165, 1.54) is 12.8 Å². The van der Waals surface area contributed by atoms with Gasteiger partial charge in [-0.1, -0.05) is 32.9 Å². The number of nitrogens with zero attached hydrogens (tertiary/aromatic N) is 2. The Labute approximate surface area is 195 Å². The molecular formula is C25H46N4O3. The number of amides is 2. The van der Waals surface area contributed by atoms with Gasteiger partial charge in [-0.15, -0.1) is 0 Å². The molecule has 1 fully saturated rings. The molecule has 2 atom stereocenters. The highest BCUT2D eigenvalue weighted by Crippen LogP contribution is 2.24. The molecule has 2 amide bonds. The van der Waals surface area contributed by atoms with Crippen molar-refractivity contribution < 1.29 is 14.7 Å². The Hall–Kier alpha value is -1.86. The summed E-state index contributed by atoms with van der Waals surface area (Å²) in [6.07, 6.45) is 6.48. The van der Waals surface area contributed by atoms with E-state index in [1.54, 1.807) is 11.8 Å². The van der Waals surface area contributed by atoms with Crippen molar-refractivity contribution >= 4 is 11.8 Å². The quantitative estimate of drug-likeness (QED) is 0.297. The molecule has 0 aromatic rings. The minimum absolute atomic E-state index is 0.0477. The maximum atomic E-state index is 13.2. The van der Waals surface area contributed by atoms with Crippen LogP contribution in [0.1, 0.15) is 66.7 Å². The summed E-state index contributed by atoms with van der Waals surface area (Å²) in [5, 5.41) is 15.0. The standard InChI is InChI=1S/C25H46N4O3/c1-18(2)23(27-21(6)22-13-8-9-16-29(22)19(3)4)25(32)28(7)15-10-12-20(5)24(31)26-14-11-17-30/h12,18-19,22-23,27,30H,6,8-11,13-17H2,1-5,7H3,(H,26,31)/b20-12+. The number of carbonyl (C=O) groups excluding carboxylic acids is 2. The smallest absolute Gasteiger partial charge is 0.246 e. The summed E-state index contributed by atoms with van der Waals surface area (Å²) in [7, 11) is 1.81. The van der Waals surface area contributed by atoms with Gasteiger partial charge in [0, 0.05) is 50.1 Å². The Morgan fingerprint density at radius 3 is 2.53 bits per heavy atom. The molecular weight excluding hydrogens is 404 g/mol. The molecule has 0 radical (unpaired) electrons. The van der Waals surface area contributed by atoms with E-state index in [1.807, 2.05) is 13.1 Å². The van der Waals surface area contributed by atoms with E-state index < -0.39 is 0 Å². The SMILES string of the molecule is C=C(NC(C(=O)N(C)CC/C=C(\C)C(=O)NCCCO)C(C)C)C1CCCCN1C(C)C. The van der Waals surface area contributed by atoms with Crippen LogP contribution in [0.3, 0.4) is 0 Å². The van der Waals surface area contributed by atoms with E-state index in [0.29, 0.717) is 37.5 Å². The normalized spacial score (nSPS) is 18.5. The second-order valence-electron chi connectivity index (χ2n) is 9.50. The van der Waals surface area contributed by atoms with Crippen molar-refractivity contribution in [3.8, 4) is 0 Å². The molecule has 1 aliphatic heterocycles. The van der Waals surface area contributed by atoms with Crippen molar-refractivity contribution in [3.05, 3.63) is 23.9 Å². The Morgan fingerprint density at radius 2 is 1.94 bits per heavy atom. The maximum absolute atomic E-state index is 13.2. The molecule has 32 heavy (non-hydrogen) atoms. The predicted octanol–water partition coefficient (Wildman–Crippen LogP) is 2.67. The minimum atomic E-state index is -0.324. The van der Waals surface area contributed by atoms with Gasteiger partial charge in [0.15, 0.2) is 0 Å². The Balaban J connectivity index is 2.66. The summed E-state index contributed by atoms with van der Waals surface area (Å²) in [4.78, 5) is 29.4. The third kappa shape index (κ3) is 8.94. The molecule has 1 aliphatic rings. The average Bonchev–Trinajstić information content (AvgIpc) is 2.76. The molecule has 1 rings (SSSR count). The first kappa shape index (κ1) is 28.2. The number of aliphatic hydroxyl groups is 1. The number of nitrogens with one attached hydrogen (secondary N) is 2. The van der Waals surface area contributed by atoms with E-state index in [-0.39, 0.29) is 36.4 Å². The fourth-order valence-electron chi connectivity index (χ4n) is 4.09. The van der Waals surface area contributed by atoms with Crippen molar-refractivity contribution in [2.24, 2.45) is 5.92 Å². The van der Waals surface area contributed by atoms with E-state index in [9.17, 15) is 9.59 Å². The Bertz CT molecular complexity index is 645. The second-order valence-corrected chi connectivity index (χ2v) is 9.50. The van der Waals surface area contributed by atoms with Gasteiger partial charge >= 0.3 is 0 Å². The van der Waals surface area contributed by atoms with Crippen LogP contribution in [0.4, 0.5) is 0 Å². The van der Waals surface area contributed by atoms with Crippen LogP contribution in [0, 0.1) is 5.92 Å².